The number of hydrogen-bond donors (Lipinski definition) is 1. The van der Waals surface area contributed by atoms with E-state index in [-0.39, 0.29) is 6.42 Å². The Morgan fingerprint density at radius 1 is 1.68 bits per heavy atom. The Balaban J connectivity index is 2.93. The summed E-state index contributed by atoms with van der Waals surface area (Å²) in [4.78, 5) is 20.4. The van der Waals surface area contributed by atoms with Gasteiger partial charge in [-0.1, -0.05) is 0 Å². The number of carboxylic acids is 1. The maximum atomic E-state index is 12.0. The second-order valence-electron chi connectivity index (χ2n) is 3.71. The second kappa shape index (κ2) is 6.07. The zero-order valence-corrected chi connectivity index (χ0v) is 9.82. The predicted molar refractivity (Wildman–Crippen MR) is 57.3 cm³/mol. The average molecular weight is 279 g/mol. The molecule has 0 fully saturated rings. The van der Waals surface area contributed by atoms with Crippen LogP contribution in [-0.4, -0.2) is 38.8 Å². The summed E-state index contributed by atoms with van der Waals surface area (Å²) in [6.45, 7) is 0.451. The molecule has 10 heteroatoms. The Hall–Kier alpha value is -2.26. The number of carboxylic acid groups (broad SMARTS) is 1. The molecule has 0 aliphatic carbocycles. The van der Waals surface area contributed by atoms with Crippen molar-refractivity contribution < 1.29 is 28.3 Å². The minimum absolute atomic E-state index is 0.312. The molecule has 106 valence electrons. The Morgan fingerprint density at radius 3 is 2.79 bits per heavy atom. The fraction of sp³-hybridized carbons (Fsp3) is 0.556. The van der Waals surface area contributed by atoms with Crippen molar-refractivity contribution in [3.8, 4) is 5.88 Å². The number of rotatable bonds is 7. The van der Waals surface area contributed by atoms with Crippen LogP contribution in [0.2, 0.25) is 0 Å². The van der Waals surface area contributed by atoms with Crippen molar-refractivity contribution in [3.63, 3.8) is 0 Å². The number of nitro groups is 1. The Labute approximate surface area is 105 Å². The summed E-state index contributed by atoms with van der Waals surface area (Å²) in [5.41, 5.74) is -0.585. The molecule has 0 amide bonds. The summed E-state index contributed by atoms with van der Waals surface area (Å²) in [7, 11) is 0. The number of hydrogen-bond acceptors (Lipinski definition) is 5. The first-order valence-electron chi connectivity index (χ1n) is 5.17. The molecule has 1 rings (SSSR count). The first kappa shape index (κ1) is 14.8. The van der Waals surface area contributed by atoms with E-state index < -0.39 is 41.5 Å². The molecule has 1 N–H and O–H groups in total. The zero-order valence-electron chi connectivity index (χ0n) is 9.82. The van der Waals surface area contributed by atoms with Crippen LogP contribution in [0.5, 0.6) is 5.88 Å². The number of nitrogens with zero attached hydrogens (tertiary/aromatic N) is 3. The Bertz CT molecular complexity index is 476. The summed E-state index contributed by atoms with van der Waals surface area (Å²) in [5, 5.41) is 22.9. The molecule has 0 aromatic carbocycles. The highest BCUT2D eigenvalue weighted by Crippen LogP contribution is 2.27. The standard InChI is InChI=1S/C9H11F2N3O5/c1-5(2-8(15)16)13-3-6(14(17)18)9(12-13)19-4-7(10)11/h3,5,7H,2,4H2,1H3,(H,15,16). The molecule has 1 aromatic heterocycles. The van der Waals surface area contributed by atoms with Crippen LogP contribution in [0.1, 0.15) is 19.4 Å². The summed E-state index contributed by atoms with van der Waals surface area (Å²) in [6.07, 6.45) is -2.15. The van der Waals surface area contributed by atoms with Gasteiger partial charge < -0.3 is 9.84 Å². The molecule has 1 heterocycles. The molecule has 19 heavy (non-hydrogen) atoms. The highest BCUT2D eigenvalue weighted by molar-refractivity contribution is 5.67. The van der Waals surface area contributed by atoms with Crippen LogP contribution in [0.15, 0.2) is 6.20 Å². The second-order valence-corrected chi connectivity index (χ2v) is 3.71. The minimum atomic E-state index is -2.79. The van der Waals surface area contributed by atoms with Crippen molar-refractivity contribution in [2.24, 2.45) is 0 Å². The number of aliphatic carboxylic acids is 1. The van der Waals surface area contributed by atoms with Crippen molar-refractivity contribution in [1.82, 2.24) is 9.78 Å². The molecule has 0 aliphatic heterocycles. The monoisotopic (exact) mass is 279 g/mol. The maximum absolute atomic E-state index is 12.0. The van der Waals surface area contributed by atoms with Crippen LogP contribution in [0.3, 0.4) is 0 Å². The van der Waals surface area contributed by atoms with E-state index in [2.05, 4.69) is 9.84 Å². The summed E-state index contributed by atoms with van der Waals surface area (Å²) >= 11 is 0. The van der Waals surface area contributed by atoms with E-state index in [4.69, 9.17) is 5.11 Å². The highest BCUT2D eigenvalue weighted by Gasteiger charge is 2.24. The predicted octanol–water partition coefficient (Wildman–Crippen LogP) is 1.47. The fourth-order valence-corrected chi connectivity index (χ4v) is 1.31. The van der Waals surface area contributed by atoms with Gasteiger partial charge in [0.1, 0.15) is 6.20 Å². The van der Waals surface area contributed by atoms with Crippen LogP contribution < -0.4 is 4.74 Å². The van der Waals surface area contributed by atoms with Gasteiger partial charge in [0, 0.05) is 0 Å². The minimum Gasteiger partial charge on any atom is -0.481 e. The molecule has 0 bridgehead atoms. The van der Waals surface area contributed by atoms with Gasteiger partial charge in [-0.05, 0) is 6.92 Å². The summed E-state index contributed by atoms with van der Waals surface area (Å²) in [6, 6.07) is -0.667. The molecule has 0 radical (unpaired) electrons. The molecule has 0 saturated heterocycles. The van der Waals surface area contributed by atoms with Crippen LogP contribution in [0, 0.1) is 10.1 Å². The Morgan fingerprint density at radius 2 is 2.32 bits per heavy atom. The molecule has 1 unspecified atom stereocenters. The lowest BCUT2D eigenvalue weighted by Crippen LogP contribution is -2.12. The van der Waals surface area contributed by atoms with Crippen LogP contribution in [-0.2, 0) is 4.79 Å². The molecular weight excluding hydrogens is 268 g/mol. The third-order valence-electron chi connectivity index (χ3n) is 2.14. The van der Waals surface area contributed by atoms with E-state index >= 15 is 0 Å². The van der Waals surface area contributed by atoms with Crippen LogP contribution in [0.25, 0.3) is 0 Å². The van der Waals surface area contributed by atoms with Crippen molar-refractivity contribution in [1.29, 1.82) is 0 Å². The lowest BCUT2D eigenvalue weighted by molar-refractivity contribution is -0.386. The molecule has 1 atom stereocenters. The third kappa shape index (κ3) is 4.16. The summed E-state index contributed by atoms with van der Waals surface area (Å²) in [5.74, 6) is -1.66. The number of aromatic nitrogens is 2. The number of halogens is 2. The van der Waals surface area contributed by atoms with Gasteiger partial charge in [0.15, 0.2) is 6.61 Å². The van der Waals surface area contributed by atoms with Crippen LogP contribution in [0.4, 0.5) is 14.5 Å². The van der Waals surface area contributed by atoms with Gasteiger partial charge in [-0.25, -0.2) is 8.78 Å². The van der Waals surface area contributed by atoms with E-state index in [9.17, 15) is 23.7 Å². The van der Waals surface area contributed by atoms with Crippen LogP contribution >= 0.6 is 0 Å². The topological polar surface area (TPSA) is 107 Å². The lowest BCUT2D eigenvalue weighted by Gasteiger charge is -2.07. The van der Waals surface area contributed by atoms with Crippen molar-refractivity contribution in [2.75, 3.05) is 6.61 Å². The molecule has 0 saturated carbocycles. The first-order valence-corrected chi connectivity index (χ1v) is 5.17. The Kier molecular flexibility index (Phi) is 4.73. The number of carbonyl (C=O) groups is 1. The van der Waals surface area contributed by atoms with E-state index in [1.54, 1.807) is 0 Å². The fourth-order valence-electron chi connectivity index (χ4n) is 1.31. The van der Waals surface area contributed by atoms with E-state index in [0.717, 1.165) is 10.9 Å². The smallest absolute Gasteiger partial charge is 0.350 e. The summed E-state index contributed by atoms with van der Waals surface area (Å²) < 4.78 is 29.5. The molecular formula is C9H11F2N3O5. The van der Waals surface area contributed by atoms with Gasteiger partial charge in [0.05, 0.1) is 17.4 Å². The van der Waals surface area contributed by atoms with Gasteiger partial charge >= 0.3 is 17.5 Å². The molecule has 0 spiro atoms. The highest BCUT2D eigenvalue weighted by atomic mass is 19.3. The zero-order chi connectivity index (χ0) is 14.6. The van der Waals surface area contributed by atoms with Crippen molar-refractivity contribution in [3.05, 3.63) is 16.3 Å². The lowest BCUT2D eigenvalue weighted by atomic mass is 10.2. The van der Waals surface area contributed by atoms with Gasteiger partial charge in [-0.3, -0.25) is 19.6 Å². The van der Waals surface area contributed by atoms with Gasteiger partial charge in [-0.2, -0.15) is 0 Å². The quantitative estimate of drug-likeness (QED) is 0.598. The van der Waals surface area contributed by atoms with Crippen molar-refractivity contribution >= 4 is 11.7 Å². The number of alkyl halides is 2. The largest absolute Gasteiger partial charge is 0.481 e. The molecule has 0 aliphatic rings. The van der Waals surface area contributed by atoms with Crippen molar-refractivity contribution in [2.45, 2.75) is 25.8 Å². The number of ether oxygens (including phenoxy) is 1. The van der Waals surface area contributed by atoms with E-state index in [1.165, 1.54) is 6.92 Å². The molecule has 8 nitrogen and oxygen atoms in total. The molecule has 1 aromatic rings. The van der Waals surface area contributed by atoms with E-state index in [1.807, 2.05) is 0 Å². The van der Waals surface area contributed by atoms with E-state index in [0.29, 0.717) is 0 Å². The maximum Gasteiger partial charge on any atom is 0.350 e. The first-order chi connectivity index (χ1) is 8.81. The van der Waals surface area contributed by atoms with Gasteiger partial charge in [0.2, 0.25) is 0 Å². The third-order valence-corrected chi connectivity index (χ3v) is 2.14. The average Bonchev–Trinajstić information content (AvgIpc) is 2.69. The van der Waals surface area contributed by atoms with Gasteiger partial charge in [0.25, 0.3) is 6.43 Å². The SMILES string of the molecule is CC(CC(=O)O)n1cc([N+](=O)[O-])c(OCC(F)F)n1. The van der Waals surface area contributed by atoms with Gasteiger partial charge in [-0.15, -0.1) is 5.10 Å². The normalized spacial score (nSPS) is 12.4.